The number of halogens is 1. The van der Waals surface area contributed by atoms with Crippen molar-refractivity contribution in [3.63, 3.8) is 0 Å². The fraction of sp³-hybridized carbons (Fsp3) is 0.278. The van der Waals surface area contributed by atoms with Gasteiger partial charge in [-0.3, -0.25) is 0 Å². The molecule has 0 spiro atoms. The van der Waals surface area contributed by atoms with E-state index >= 15 is 0 Å². The zero-order valence-electron chi connectivity index (χ0n) is 14.7. The molecule has 0 atom stereocenters. The van der Waals surface area contributed by atoms with Crippen LogP contribution in [0.2, 0.25) is 5.02 Å². The van der Waals surface area contributed by atoms with Gasteiger partial charge in [-0.15, -0.1) is 10.2 Å². The molecule has 0 saturated carbocycles. The van der Waals surface area contributed by atoms with E-state index in [1.165, 1.54) is 17.1 Å². The van der Waals surface area contributed by atoms with Crippen LogP contribution in [0.15, 0.2) is 42.6 Å². The predicted molar refractivity (Wildman–Crippen MR) is 98.6 cm³/mol. The molecule has 2 heterocycles. The van der Waals surface area contributed by atoms with Gasteiger partial charge in [0.25, 0.3) is 0 Å². The van der Waals surface area contributed by atoms with Crippen LogP contribution in [0.5, 0.6) is 5.88 Å². The Bertz CT molecular complexity index is 901. The molecule has 0 saturated heterocycles. The molecule has 0 fully saturated rings. The second-order valence-electron chi connectivity index (χ2n) is 5.51. The maximum absolute atomic E-state index is 12.1. The van der Waals surface area contributed by atoms with Crippen molar-refractivity contribution in [3.05, 3.63) is 53.2 Å². The van der Waals surface area contributed by atoms with Crippen molar-refractivity contribution in [1.29, 1.82) is 0 Å². The fourth-order valence-corrected chi connectivity index (χ4v) is 2.50. The van der Waals surface area contributed by atoms with Crippen LogP contribution in [0.4, 0.5) is 0 Å². The Hall–Kier alpha value is -3.00. The van der Waals surface area contributed by atoms with Crippen molar-refractivity contribution in [3.8, 4) is 17.3 Å². The Morgan fingerprint density at radius 3 is 2.81 bits per heavy atom. The standard InChI is InChI=1S/C18H18ClN5O3/c1-2-26-17-15(19)11-14(12-20-17)18(25)27-10-6-9-24-22-16(21-23-24)13-7-4-3-5-8-13/h3-5,7-8,11-12H,2,6,9-10H2,1H3. The number of carbonyl (C=O) groups excluding carboxylic acids is 1. The first-order chi connectivity index (χ1) is 13.2. The first-order valence-electron chi connectivity index (χ1n) is 8.46. The molecule has 0 amide bonds. The van der Waals surface area contributed by atoms with E-state index in [2.05, 4.69) is 20.4 Å². The van der Waals surface area contributed by atoms with Crippen LogP contribution in [0.1, 0.15) is 23.7 Å². The summed E-state index contributed by atoms with van der Waals surface area (Å²) < 4.78 is 10.5. The summed E-state index contributed by atoms with van der Waals surface area (Å²) in [5, 5.41) is 12.6. The fourth-order valence-electron chi connectivity index (χ4n) is 2.27. The summed E-state index contributed by atoms with van der Waals surface area (Å²) in [7, 11) is 0. The molecule has 0 N–H and O–H groups in total. The lowest BCUT2D eigenvalue weighted by molar-refractivity contribution is 0.0493. The third-order valence-corrected chi connectivity index (χ3v) is 3.82. The van der Waals surface area contributed by atoms with Gasteiger partial charge in [0.1, 0.15) is 5.02 Å². The molecule has 9 heteroatoms. The number of benzene rings is 1. The first kappa shape index (κ1) is 18.8. The number of carbonyl (C=O) groups is 1. The highest BCUT2D eigenvalue weighted by atomic mass is 35.5. The van der Waals surface area contributed by atoms with Crippen molar-refractivity contribution in [2.45, 2.75) is 19.9 Å². The molecule has 2 aromatic heterocycles. The maximum atomic E-state index is 12.1. The van der Waals surface area contributed by atoms with Gasteiger partial charge in [-0.1, -0.05) is 41.9 Å². The first-order valence-corrected chi connectivity index (χ1v) is 8.84. The van der Waals surface area contributed by atoms with Crippen LogP contribution in [0.3, 0.4) is 0 Å². The van der Waals surface area contributed by atoms with E-state index in [1.807, 2.05) is 37.3 Å². The highest BCUT2D eigenvalue weighted by Gasteiger charge is 2.12. The van der Waals surface area contributed by atoms with Crippen molar-refractivity contribution in [2.75, 3.05) is 13.2 Å². The molecule has 27 heavy (non-hydrogen) atoms. The molecule has 140 valence electrons. The molecule has 0 aliphatic carbocycles. The van der Waals surface area contributed by atoms with E-state index in [9.17, 15) is 4.79 Å². The predicted octanol–water partition coefficient (Wildman–Crippen LogP) is 3.03. The molecular formula is C18H18ClN5O3. The topological polar surface area (TPSA) is 92.0 Å². The van der Waals surface area contributed by atoms with Gasteiger partial charge in [0.15, 0.2) is 0 Å². The van der Waals surface area contributed by atoms with E-state index in [0.29, 0.717) is 31.3 Å². The van der Waals surface area contributed by atoms with Crippen molar-refractivity contribution in [2.24, 2.45) is 0 Å². The van der Waals surface area contributed by atoms with Crippen LogP contribution in [-0.4, -0.2) is 44.4 Å². The quantitative estimate of drug-likeness (QED) is 0.433. The lowest BCUT2D eigenvalue weighted by Crippen LogP contribution is -2.11. The average Bonchev–Trinajstić information content (AvgIpc) is 3.16. The summed E-state index contributed by atoms with van der Waals surface area (Å²) >= 11 is 6.02. The number of pyridine rings is 1. The van der Waals surface area contributed by atoms with Crippen LogP contribution in [-0.2, 0) is 11.3 Å². The van der Waals surface area contributed by atoms with E-state index in [0.717, 1.165) is 5.56 Å². The molecule has 0 unspecified atom stereocenters. The Balaban J connectivity index is 1.47. The number of hydrogen-bond acceptors (Lipinski definition) is 7. The van der Waals surface area contributed by atoms with Crippen LogP contribution >= 0.6 is 11.6 Å². The summed E-state index contributed by atoms with van der Waals surface area (Å²) in [4.78, 5) is 17.5. The number of aromatic nitrogens is 5. The summed E-state index contributed by atoms with van der Waals surface area (Å²) in [6.07, 6.45) is 1.93. The van der Waals surface area contributed by atoms with Crippen LogP contribution in [0, 0.1) is 0 Å². The zero-order chi connectivity index (χ0) is 19.1. The minimum Gasteiger partial charge on any atom is -0.477 e. The molecule has 3 aromatic rings. The SMILES string of the molecule is CCOc1ncc(C(=O)OCCCn2nnc(-c3ccccc3)n2)cc1Cl. The molecule has 3 rings (SSSR count). The summed E-state index contributed by atoms with van der Waals surface area (Å²) in [5.41, 5.74) is 1.17. The van der Waals surface area contributed by atoms with Gasteiger partial charge in [0.05, 0.1) is 25.3 Å². The lowest BCUT2D eigenvalue weighted by atomic mass is 10.2. The van der Waals surface area contributed by atoms with Gasteiger partial charge in [-0.2, -0.15) is 4.80 Å². The molecule has 0 radical (unpaired) electrons. The van der Waals surface area contributed by atoms with Gasteiger partial charge in [0, 0.05) is 18.2 Å². The van der Waals surface area contributed by atoms with Gasteiger partial charge in [0.2, 0.25) is 11.7 Å². The summed E-state index contributed by atoms with van der Waals surface area (Å²) in [5.74, 6) is 0.355. The number of esters is 1. The Labute approximate surface area is 161 Å². The molecule has 8 nitrogen and oxygen atoms in total. The maximum Gasteiger partial charge on any atom is 0.339 e. The highest BCUT2D eigenvalue weighted by molar-refractivity contribution is 6.32. The molecule has 0 aliphatic rings. The van der Waals surface area contributed by atoms with Crippen LogP contribution < -0.4 is 4.74 Å². The lowest BCUT2D eigenvalue weighted by Gasteiger charge is -2.07. The van der Waals surface area contributed by atoms with Crippen molar-refractivity contribution >= 4 is 17.6 Å². The van der Waals surface area contributed by atoms with Gasteiger partial charge in [-0.05, 0) is 18.2 Å². The second-order valence-corrected chi connectivity index (χ2v) is 5.92. The van der Waals surface area contributed by atoms with Gasteiger partial charge >= 0.3 is 5.97 Å². The number of nitrogens with zero attached hydrogens (tertiary/aromatic N) is 5. The minimum absolute atomic E-state index is 0.214. The van der Waals surface area contributed by atoms with Crippen LogP contribution in [0.25, 0.3) is 11.4 Å². The monoisotopic (exact) mass is 387 g/mol. The summed E-state index contributed by atoms with van der Waals surface area (Å²) in [6, 6.07) is 11.1. The molecule has 0 bridgehead atoms. The van der Waals surface area contributed by atoms with Gasteiger partial charge in [-0.25, -0.2) is 9.78 Å². The van der Waals surface area contributed by atoms with E-state index in [4.69, 9.17) is 21.1 Å². The summed E-state index contributed by atoms with van der Waals surface area (Å²) in [6.45, 7) is 2.97. The second kappa shape index (κ2) is 9.09. The van der Waals surface area contributed by atoms with Crippen molar-refractivity contribution < 1.29 is 14.3 Å². The zero-order valence-corrected chi connectivity index (χ0v) is 15.5. The van der Waals surface area contributed by atoms with Gasteiger partial charge < -0.3 is 9.47 Å². The minimum atomic E-state index is -0.496. The highest BCUT2D eigenvalue weighted by Crippen LogP contribution is 2.22. The molecule has 1 aromatic carbocycles. The number of hydrogen-bond donors (Lipinski definition) is 0. The Kier molecular flexibility index (Phi) is 6.32. The van der Waals surface area contributed by atoms with E-state index in [1.54, 1.807) is 0 Å². The average molecular weight is 388 g/mol. The number of aryl methyl sites for hydroxylation is 1. The largest absolute Gasteiger partial charge is 0.477 e. The molecular weight excluding hydrogens is 370 g/mol. The number of ether oxygens (including phenoxy) is 2. The van der Waals surface area contributed by atoms with Crippen molar-refractivity contribution in [1.82, 2.24) is 25.2 Å². The third kappa shape index (κ3) is 5.01. The van der Waals surface area contributed by atoms with E-state index in [-0.39, 0.29) is 17.2 Å². The third-order valence-electron chi connectivity index (χ3n) is 3.54. The van der Waals surface area contributed by atoms with E-state index < -0.39 is 5.97 Å². The smallest absolute Gasteiger partial charge is 0.339 e. The Morgan fingerprint density at radius 1 is 1.26 bits per heavy atom. The number of tetrazole rings is 1. The molecule has 0 aliphatic heterocycles. The normalized spacial score (nSPS) is 10.6. The Morgan fingerprint density at radius 2 is 2.07 bits per heavy atom. The number of rotatable bonds is 8.